The van der Waals surface area contributed by atoms with Gasteiger partial charge in [-0.15, -0.1) is 0 Å². The fourth-order valence-electron chi connectivity index (χ4n) is 2.80. The van der Waals surface area contributed by atoms with Crippen molar-refractivity contribution in [2.45, 2.75) is 24.8 Å². The van der Waals surface area contributed by atoms with E-state index in [4.69, 9.17) is 0 Å². The van der Waals surface area contributed by atoms with Crippen LogP contribution in [0.5, 0.6) is 0 Å². The van der Waals surface area contributed by atoms with Crippen LogP contribution in [0.3, 0.4) is 0 Å². The minimum Gasteiger partial charge on any atom is -0.385 e. The SMILES string of the molecule is C=C(NC1CCNC1)C1CC1c1ccccc1. The lowest BCUT2D eigenvalue weighted by molar-refractivity contribution is 0.588. The van der Waals surface area contributed by atoms with Gasteiger partial charge in [0.1, 0.15) is 0 Å². The second-order valence-corrected chi connectivity index (χ2v) is 5.22. The molecule has 2 N–H and O–H groups in total. The normalized spacial score (nSPS) is 31.2. The Balaban J connectivity index is 1.55. The minimum absolute atomic E-state index is 0.597. The summed E-state index contributed by atoms with van der Waals surface area (Å²) in [4.78, 5) is 0. The van der Waals surface area contributed by atoms with E-state index in [0.29, 0.717) is 17.9 Å². The number of allylic oxidation sites excluding steroid dienone is 1. The van der Waals surface area contributed by atoms with Crippen molar-refractivity contribution in [2.75, 3.05) is 13.1 Å². The summed E-state index contributed by atoms with van der Waals surface area (Å²) < 4.78 is 0. The second-order valence-electron chi connectivity index (χ2n) is 5.22. The van der Waals surface area contributed by atoms with Crippen LogP contribution in [0, 0.1) is 5.92 Å². The zero-order valence-electron chi connectivity index (χ0n) is 10.2. The number of benzene rings is 1. The summed E-state index contributed by atoms with van der Waals surface area (Å²) in [5.74, 6) is 1.35. The van der Waals surface area contributed by atoms with Crippen molar-refractivity contribution in [2.24, 2.45) is 5.92 Å². The lowest BCUT2D eigenvalue weighted by Gasteiger charge is -2.15. The van der Waals surface area contributed by atoms with Gasteiger partial charge in [-0.1, -0.05) is 36.9 Å². The smallest absolute Gasteiger partial charge is 0.0394 e. The first-order valence-electron chi connectivity index (χ1n) is 6.55. The zero-order valence-corrected chi connectivity index (χ0v) is 10.2. The summed E-state index contributed by atoms with van der Waals surface area (Å²) in [5.41, 5.74) is 2.71. The van der Waals surface area contributed by atoms with Crippen LogP contribution in [-0.2, 0) is 0 Å². The number of hydrogen-bond donors (Lipinski definition) is 2. The van der Waals surface area contributed by atoms with Crippen molar-refractivity contribution in [3.63, 3.8) is 0 Å². The molecule has 1 aliphatic carbocycles. The highest BCUT2D eigenvalue weighted by atomic mass is 15.0. The maximum atomic E-state index is 4.22. The van der Waals surface area contributed by atoms with Crippen molar-refractivity contribution < 1.29 is 0 Å². The van der Waals surface area contributed by atoms with Gasteiger partial charge in [-0.25, -0.2) is 0 Å². The molecule has 1 saturated heterocycles. The van der Waals surface area contributed by atoms with Gasteiger partial charge in [0.05, 0.1) is 0 Å². The van der Waals surface area contributed by atoms with Gasteiger partial charge in [-0.3, -0.25) is 0 Å². The van der Waals surface area contributed by atoms with Crippen LogP contribution in [0.4, 0.5) is 0 Å². The maximum absolute atomic E-state index is 4.22. The number of nitrogens with one attached hydrogen (secondary N) is 2. The molecule has 0 spiro atoms. The van der Waals surface area contributed by atoms with E-state index in [9.17, 15) is 0 Å². The molecule has 0 radical (unpaired) electrons. The fourth-order valence-corrected chi connectivity index (χ4v) is 2.80. The van der Waals surface area contributed by atoms with Crippen LogP contribution in [0.2, 0.25) is 0 Å². The molecule has 0 aromatic heterocycles. The van der Waals surface area contributed by atoms with Crippen LogP contribution in [0.15, 0.2) is 42.6 Å². The van der Waals surface area contributed by atoms with Gasteiger partial charge in [0.2, 0.25) is 0 Å². The van der Waals surface area contributed by atoms with E-state index in [1.165, 1.54) is 24.1 Å². The Morgan fingerprint density at radius 2 is 2.12 bits per heavy atom. The molecule has 3 atom stereocenters. The molecule has 0 amide bonds. The van der Waals surface area contributed by atoms with Gasteiger partial charge in [0.15, 0.2) is 0 Å². The largest absolute Gasteiger partial charge is 0.385 e. The summed E-state index contributed by atoms with van der Waals surface area (Å²) in [6, 6.07) is 11.4. The average molecular weight is 228 g/mol. The lowest BCUT2D eigenvalue weighted by Crippen LogP contribution is -2.30. The fraction of sp³-hybridized carbons (Fsp3) is 0.467. The Morgan fingerprint density at radius 3 is 2.82 bits per heavy atom. The Labute approximate surface area is 103 Å². The van der Waals surface area contributed by atoms with Crippen LogP contribution in [0.1, 0.15) is 24.3 Å². The van der Waals surface area contributed by atoms with Gasteiger partial charge in [-0.2, -0.15) is 0 Å². The quantitative estimate of drug-likeness (QED) is 0.826. The zero-order chi connectivity index (χ0) is 11.7. The van der Waals surface area contributed by atoms with Crippen molar-refractivity contribution >= 4 is 0 Å². The third-order valence-corrected chi connectivity index (χ3v) is 3.92. The Morgan fingerprint density at radius 1 is 1.29 bits per heavy atom. The Hall–Kier alpha value is -1.28. The molecule has 90 valence electrons. The highest BCUT2D eigenvalue weighted by molar-refractivity contribution is 5.30. The van der Waals surface area contributed by atoms with Gasteiger partial charge < -0.3 is 10.6 Å². The van der Waals surface area contributed by atoms with Crippen LogP contribution < -0.4 is 10.6 Å². The summed E-state index contributed by atoms with van der Waals surface area (Å²) in [7, 11) is 0. The number of hydrogen-bond acceptors (Lipinski definition) is 2. The first-order chi connectivity index (χ1) is 8.34. The third kappa shape index (κ3) is 2.37. The molecular weight excluding hydrogens is 208 g/mol. The predicted molar refractivity (Wildman–Crippen MR) is 70.8 cm³/mol. The van der Waals surface area contributed by atoms with E-state index in [-0.39, 0.29) is 0 Å². The molecule has 17 heavy (non-hydrogen) atoms. The van der Waals surface area contributed by atoms with Gasteiger partial charge in [0.25, 0.3) is 0 Å². The van der Waals surface area contributed by atoms with E-state index in [0.717, 1.165) is 13.1 Å². The van der Waals surface area contributed by atoms with E-state index in [2.05, 4.69) is 47.5 Å². The number of rotatable bonds is 4. The lowest BCUT2D eigenvalue weighted by atomic mass is 10.1. The minimum atomic E-state index is 0.597. The summed E-state index contributed by atoms with van der Waals surface area (Å²) >= 11 is 0. The molecule has 2 heteroatoms. The molecule has 3 unspecified atom stereocenters. The van der Waals surface area contributed by atoms with Crippen LogP contribution in [0.25, 0.3) is 0 Å². The average Bonchev–Trinajstić information content (AvgIpc) is 3.02. The molecule has 2 nitrogen and oxygen atoms in total. The highest BCUT2D eigenvalue weighted by Gasteiger charge is 2.40. The highest BCUT2D eigenvalue weighted by Crippen LogP contribution is 2.50. The van der Waals surface area contributed by atoms with Crippen LogP contribution in [-0.4, -0.2) is 19.1 Å². The Kier molecular flexibility index (Phi) is 2.89. The molecule has 1 aliphatic heterocycles. The van der Waals surface area contributed by atoms with Gasteiger partial charge >= 0.3 is 0 Å². The van der Waals surface area contributed by atoms with Gasteiger partial charge in [-0.05, 0) is 30.9 Å². The van der Waals surface area contributed by atoms with E-state index >= 15 is 0 Å². The molecule has 1 saturated carbocycles. The molecular formula is C15H20N2. The third-order valence-electron chi connectivity index (χ3n) is 3.92. The standard InChI is InChI=1S/C15H20N2/c1-11(17-13-7-8-16-10-13)14-9-15(14)12-5-3-2-4-6-12/h2-6,13-17H,1,7-10H2. The van der Waals surface area contributed by atoms with Crippen molar-refractivity contribution in [1.82, 2.24) is 10.6 Å². The van der Waals surface area contributed by atoms with E-state index in [1.807, 2.05) is 0 Å². The van der Waals surface area contributed by atoms with Crippen molar-refractivity contribution in [3.05, 3.63) is 48.2 Å². The topological polar surface area (TPSA) is 24.1 Å². The molecule has 2 fully saturated rings. The van der Waals surface area contributed by atoms with Gasteiger partial charge in [0, 0.05) is 24.2 Å². The summed E-state index contributed by atoms with van der Waals surface area (Å²) in [5, 5.41) is 6.96. The molecule has 1 aromatic rings. The predicted octanol–water partition coefficient (Wildman–Crippen LogP) is 2.26. The van der Waals surface area contributed by atoms with Crippen molar-refractivity contribution in [3.8, 4) is 0 Å². The maximum Gasteiger partial charge on any atom is 0.0394 e. The molecule has 0 bridgehead atoms. The monoisotopic (exact) mass is 228 g/mol. The first kappa shape index (κ1) is 10.8. The summed E-state index contributed by atoms with van der Waals surface area (Å²) in [6.45, 7) is 6.44. The summed E-state index contributed by atoms with van der Waals surface area (Å²) in [6.07, 6.45) is 2.48. The first-order valence-corrected chi connectivity index (χ1v) is 6.55. The molecule has 1 heterocycles. The Bertz CT molecular complexity index is 393. The molecule has 2 aliphatic rings. The van der Waals surface area contributed by atoms with E-state index in [1.54, 1.807) is 0 Å². The second kappa shape index (κ2) is 4.53. The van der Waals surface area contributed by atoms with Crippen molar-refractivity contribution in [1.29, 1.82) is 0 Å². The van der Waals surface area contributed by atoms with E-state index < -0.39 is 0 Å². The van der Waals surface area contributed by atoms with Crippen LogP contribution >= 0.6 is 0 Å². The molecule has 1 aromatic carbocycles. The molecule has 3 rings (SSSR count).